The maximum Gasteiger partial charge on any atom is 0.283 e. The van der Waals surface area contributed by atoms with Crippen molar-refractivity contribution < 1.29 is 18.3 Å². The van der Waals surface area contributed by atoms with Crippen LogP contribution in [0, 0.1) is 0 Å². The maximum absolute atomic E-state index is 13.3. The second-order valence-electron chi connectivity index (χ2n) is 7.27. The molecule has 0 saturated heterocycles. The third kappa shape index (κ3) is 3.17. The minimum atomic E-state index is -2.73. The average Bonchev–Trinajstić information content (AvgIpc) is 3.50. The van der Waals surface area contributed by atoms with Crippen LogP contribution in [0.4, 0.5) is 8.78 Å². The molecular formula is C20H17BrF2N4O2. The van der Waals surface area contributed by atoms with Crippen LogP contribution in [-0.4, -0.2) is 27.1 Å². The number of carbonyl (C=O) groups is 1. The molecule has 2 aromatic heterocycles. The number of rotatable bonds is 4. The van der Waals surface area contributed by atoms with Gasteiger partial charge in [-0.1, -0.05) is 18.2 Å². The molecule has 6 nitrogen and oxygen atoms in total. The fourth-order valence-electron chi connectivity index (χ4n) is 3.78. The van der Waals surface area contributed by atoms with Crippen molar-refractivity contribution in [2.45, 2.75) is 37.6 Å². The number of amides is 1. The van der Waals surface area contributed by atoms with Crippen molar-refractivity contribution in [1.29, 1.82) is 0 Å². The van der Waals surface area contributed by atoms with E-state index in [0.717, 1.165) is 24.2 Å². The van der Waals surface area contributed by atoms with E-state index >= 15 is 0 Å². The zero-order valence-corrected chi connectivity index (χ0v) is 16.8. The Labute approximate surface area is 173 Å². The Balaban J connectivity index is 1.54. The summed E-state index contributed by atoms with van der Waals surface area (Å²) < 4.78 is 33.8. The Morgan fingerprint density at radius 2 is 2.07 bits per heavy atom. The number of para-hydroxylation sites is 1. The fourth-order valence-corrected chi connectivity index (χ4v) is 4.31. The lowest BCUT2D eigenvalue weighted by molar-refractivity contribution is 0.0922. The lowest BCUT2D eigenvalue weighted by Crippen LogP contribution is -2.33. The van der Waals surface area contributed by atoms with Crippen molar-refractivity contribution in [3.05, 3.63) is 57.4 Å². The predicted molar refractivity (Wildman–Crippen MR) is 104 cm³/mol. The maximum atomic E-state index is 13.3. The molecule has 1 saturated carbocycles. The number of ether oxygens (including phenoxy) is 1. The summed E-state index contributed by atoms with van der Waals surface area (Å²) in [5.74, 6) is 0.589. The Morgan fingerprint density at radius 3 is 2.83 bits per heavy atom. The summed E-state index contributed by atoms with van der Waals surface area (Å²) in [5, 5.41) is 7.12. The Kier molecular flexibility index (Phi) is 4.49. The van der Waals surface area contributed by atoms with E-state index in [0.29, 0.717) is 29.9 Å². The van der Waals surface area contributed by atoms with Crippen molar-refractivity contribution in [2.75, 3.05) is 6.61 Å². The summed E-state index contributed by atoms with van der Waals surface area (Å²) in [7, 11) is 0. The molecule has 1 aliphatic carbocycles. The Hall–Kier alpha value is -2.55. The van der Waals surface area contributed by atoms with Crippen LogP contribution in [0.25, 0.3) is 5.65 Å². The van der Waals surface area contributed by atoms with Gasteiger partial charge in [-0.05, 0) is 34.8 Å². The summed E-state index contributed by atoms with van der Waals surface area (Å²) in [6.07, 6.45) is 1.17. The first-order valence-electron chi connectivity index (χ1n) is 9.42. The molecule has 29 heavy (non-hydrogen) atoms. The van der Waals surface area contributed by atoms with Crippen LogP contribution in [0.15, 0.2) is 34.9 Å². The van der Waals surface area contributed by atoms with Crippen molar-refractivity contribution in [3.63, 3.8) is 0 Å². The number of hydrogen-bond donors (Lipinski definition) is 1. The van der Waals surface area contributed by atoms with Crippen LogP contribution in [0.2, 0.25) is 0 Å². The van der Waals surface area contributed by atoms with Crippen LogP contribution >= 0.6 is 15.9 Å². The fraction of sp³-hybridized carbons (Fsp3) is 0.350. The molecule has 0 spiro atoms. The molecule has 3 heterocycles. The van der Waals surface area contributed by atoms with Crippen LogP contribution in [0.5, 0.6) is 5.75 Å². The van der Waals surface area contributed by atoms with E-state index in [1.807, 2.05) is 24.3 Å². The Morgan fingerprint density at radius 1 is 1.28 bits per heavy atom. The van der Waals surface area contributed by atoms with Gasteiger partial charge in [-0.15, -0.1) is 0 Å². The van der Waals surface area contributed by atoms with Crippen LogP contribution in [0.1, 0.15) is 65.0 Å². The molecule has 1 unspecified atom stereocenters. The minimum absolute atomic E-state index is 0.112. The van der Waals surface area contributed by atoms with Gasteiger partial charge in [0.25, 0.3) is 12.3 Å². The van der Waals surface area contributed by atoms with E-state index in [4.69, 9.17) is 4.74 Å². The standard InChI is InChI=1S/C20H17BrF2N4O2/c21-15-16(18(22)23)26-27-17(10-5-6-10)12(9-24-19(15)27)20(28)25-13-7-8-29-14-4-2-1-3-11(13)14/h1-4,9-10,13,18H,5-8H2,(H,25,28). The van der Waals surface area contributed by atoms with Crippen LogP contribution < -0.4 is 10.1 Å². The lowest BCUT2D eigenvalue weighted by atomic mass is 10.00. The van der Waals surface area contributed by atoms with Crippen LogP contribution in [-0.2, 0) is 0 Å². The van der Waals surface area contributed by atoms with Crippen LogP contribution in [0.3, 0.4) is 0 Å². The quantitative estimate of drug-likeness (QED) is 0.616. The minimum Gasteiger partial charge on any atom is -0.493 e. The second kappa shape index (κ2) is 7.05. The van der Waals surface area contributed by atoms with E-state index in [2.05, 4.69) is 31.3 Å². The topological polar surface area (TPSA) is 68.5 Å². The summed E-state index contributed by atoms with van der Waals surface area (Å²) in [5.41, 5.74) is 1.88. The van der Waals surface area contributed by atoms with Gasteiger partial charge in [-0.25, -0.2) is 18.3 Å². The number of carbonyl (C=O) groups excluding carboxylic acids is 1. The number of aromatic nitrogens is 3. The molecule has 9 heteroatoms. The average molecular weight is 463 g/mol. The first-order valence-corrected chi connectivity index (χ1v) is 10.2. The third-order valence-corrected chi connectivity index (χ3v) is 6.09. The summed E-state index contributed by atoms with van der Waals surface area (Å²) in [4.78, 5) is 17.4. The van der Waals surface area contributed by atoms with Crippen molar-refractivity contribution in [1.82, 2.24) is 19.9 Å². The molecule has 3 aromatic rings. The van der Waals surface area contributed by atoms with E-state index in [1.54, 1.807) is 0 Å². The van der Waals surface area contributed by atoms with E-state index < -0.39 is 6.43 Å². The van der Waals surface area contributed by atoms with Crippen molar-refractivity contribution >= 4 is 27.5 Å². The van der Waals surface area contributed by atoms with Gasteiger partial charge < -0.3 is 10.1 Å². The number of fused-ring (bicyclic) bond motifs is 2. The zero-order chi connectivity index (χ0) is 20.1. The summed E-state index contributed by atoms with van der Waals surface area (Å²) in [6.45, 7) is 0.512. The van der Waals surface area contributed by atoms with Gasteiger partial charge in [-0.3, -0.25) is 4.79 Å². The molecule has 1 fully saturated rings. The zero-order valence-electron chi connectivity index (χ0n) is 15.2. The smallest absolute Gasteiger partial charge is 0.283 e. The van der Waals surface area contributed by atoms with Gasteiger partial charge in [0.05, 0.1) is 28.4 Å². The lowest BCUT2D eigenvalue weighted by Gasteiger charge is -2.27. The normalized spacial score (nSPS) is 18.6. The van der Waals surface area contributed by atoms with Gasteiger partial charge in [0, 0.05) is 24.1 Å². The number of hydrogen-bond acceptors (Lipinski definition) is 4. The molecule has 150 valence electrons. The molecule has 5 rings (SSSR count). The highest BCUT2D eigenvalue weighted by atomic mass is 79.9. The molecule has 0 radical (unpaired) electrons. The van der Waals surface area contributed by atoms with Gasteiger partial charge in [0.15, 0.2) is 5.65 Å². The van der Waals surface area contributed by atoms with Gasteiger partial charge >= 0.3 is 0 Å². The van der Waals surface area contributed by atoms with E-state index in [-0.39, 0.29) is 28.0 Å². The first kappa shape index (κ1) is 18.5. The highest BCUT2D eigenvalue weighted by Crippen LogP contribution is 2.43. The highest BCUT2D eigenvalue weighted by Gasteiger charge is 2.34. The number of nitrogens with one attached hydrogen (secondary N) is 1. The molecule has 1 aliphatic heterocycles. The molecule has 2 aliphatic rings. The molecule has 1 amide bonds. The second-order valence-corrected chi connectivity index (χ2v) is 8.06. The first-order chi connectivity index (χ1) is 14.0. The van der Waals surface area contributed by atoms with Gasteiger partial charge in [0.2, 0.25) is 0 Å². The Bertz CT molecular complexity index is 1110. The summed E-state index contributed by atoms with van der Waals surface area (Å²) in [6, 6.07) is 7.42. The molecule has 1 N–H and O–H groups in total. The van der Waals surface area contributed by atoms with Crippen molar-refractivity contribution in [3.8, 4) is 5.75 Å². The van der Waals surface area contributed by atoms with Crippen molar-refractivity contribution in [2.24, 2.45) is 0 Å². The predicted octanol–water partition coefficient (Wildman–Crippen LogP) is 4.56. The highest BCUT2D eigenvalue weighted by molar-refractivity contribution is 9.10. The number of benzene rings is 1. The van der Waals surface area contributed by atoms with Gasteiger partial charge in [0.1, 0.15) is 11.4 Å². The number of nitrogens with zero attached hydrogens (tertiary/aromatic N) is 3. The summed E-state index contributed by atoms with van der Waals surface area (Å²) >= 11 is 3.18. The molecule has 1 aromatic carbocycles. The largest absolute Gasteiger partial charge is 0.493 e. The van der Waals surface area contributed by atoms with E-state index in [9.17, 15) is 13.6 Å². The molecule has 1 atom stereocenters. The number of halogens is 3. The SMILES string of the molecule is O=C(NC1CCOc2ccccc21)c1cnc2c(Br)c(C(F)F)nn2c1C1CC1. The van der Waals surface area contributed by atoms with Gasteiger partial charge in [-0.2, -0.15) is 5.10 Å². The molecule has 0 bridgehead atoms. The number of alkyl halides is 2. The third-order valence-electron chi connectivity index (χ3n) is 5.33. The monoisotopic (exact) mass is 462 g/mol. The molecular weight excluding hydrogens is 446 g/mol. The van der Waals surface area contributed by atoms with E-state index in [1.165, 1.54) is 10.7 Å².